The molecule has 14 nitrogen and oxygen atoms in total. The summed E-state index contributed by atoms with van der Waals surface area (Å²) in [5, 5.41) is 82.3. The lowest BCUT2D eigenvalue weighted by atomic mass is 9.93. The zero-order valence-corrected chi connectivity index (χ0v) is 14.0. The average molecular weight is 404 g/mol. The van der Waals surface area contributed by atoms with Crippen LogP contribution >= 0.6 is 0 Å². The molecule has 0 saturated heterocycles. The Bertz CT molecular complexity index is 408. The number of carboxylic acid groups (broad SMARTS) is 4. The van der Waals surface area contributed by atoms with Crippen molar-refractivity contribution in [1.29, 1.82) is 0 Å². The number of carbonyl (C=O) groups is 4. The fourth-order valence-electron chi connectivity index (χ4n) is 0.805. The van der Waals surface area contributed by atoms with Gasteiger partial charge in [0, 0.05) is 0 Å². The molecular weight excluding hydrogens is 380 g/mol. The number of hydrogen-bond acceptors (Lipinski definition) is 10. The number of rotatable bonds is 10. The monoisotopic (exact) mass is 404 g/mol. The third-order valence-corrected chi connectivity index (χ3v) is 2.65. The van der Waals surface area contributed by atoms with Gasteiger partial charge in [-0.2, -0.15) is 0 Å². The Morgan fingerprint density at radius 1 is 0.593 bits per heavy atom. The maximum atomic E-state index is 9.72. The van der Waals surface area contributed by atoms with Gasteiger partial charge in [-0.1, -0.05) is 0 Å². The van der Waals surface area contributed by atoms with Crippen molar-refractivity contribution in [2.24, 2.45) is 5.41 Å². The van der Waals surface area contributed by atoms with Gasteiger partial charge in [0.1, 0.15) is 0 Å². The molecule has 0 aliphatic rings. The van der Waals surface area contributed by atoms with Gasteiger partial charge in [-0.15, -0.1) is 0 Å². The van der Waals surface area contributed by atoms with Crippen LogP contribution < -0.4 is 0 Å². The summed E-state index contributed by atoms with van der Waals surface area (Å²) in [6, 6.07) is 0. The van der Waals surface area contributed by atoms with E-state index in [0.717, 1.165) is 0 Å². The number of hydrogen-bond donors (Lipinski definition) is 10. The number of aliphatic carboxylic acids is 4. The van der Waals surface area contributed by atoms with E-state index in [1.54, 1.807) is 0 Å². The second kappa shape index (κ2) is 15.9. The Balaban J connectivity index is -0.000000320. The number of aliphatic hydroxyl groups excluding tert-OH is 6. The lowest BCUT2D eigenvalue weighted by Crippen LogP contribution is -2.37. The van der Waals surface area contributed by atoms with Crippen LogP contribution in [0, 0.1) is 5.41 Å². The van der Waals surface area contributed by atoms with Crippen molar-refractivity contribution in [2.75, 3.05) is 26.4 Å². The van der Waals surface area contributed by atoms with Gasteiger partial charge >= 0.3 is 23.9 Å². The first-order chi connectivity index (χ1) is 12.3. The van der Waals surface area contributed by atoms with Crippen molar-refractivity contribution in [3.05, 3.63) is 0 Å². The maximum Gasteiger partial charge on any atom is 0.333 e. The standard InChI is InChI=1S/C5H12O4.2C4H6O5/c6-1-5(2-7,3-8)4-9;2*5-2(4(8)9)1-3(6)7/h6-9H,1-4H2;2*2,5H,1H2,(H,6,7)(H,8,9). The first-order valence-corrected chi connectivity index (χ1v) is 7.01. The minimum atomic E-state index is -1.79. The van der Waals surface area contributed by atoms with E-state index in [1.807, 2.05) is 0 Å². The van der Waals surface area contributed by atoms with Crippen LogP contribution in [0.3, 0.4) is 0 Å². The van der Waals surface area contributed by atoms with E-state index in [2.05, 4.69) is 0 Å². The topological polar surface area (TPSA) is 271 Å². The predicted molar refractivity (Wildman–Crippen MR) is 82.6 cm³/mol. The summed E-state index contributed by atoms with van der Waals surface area (Å²) < 4.78 is 0. The summed E-state index contributed by atoms with van der Waals surface area (Å²) in [5.74, 6) is -5.69. The summed E-state index contributed by atoms with van der Waals surface area (Å²) in [4.78, 5) is 38.8. The van der Waals surface area contributed by atoms with Crippen LogP contribution in [0.5, 0.6) is 0 Å². The highest BCUT2D eigenvalue weighted by Gasteiger charge is 2.26. The van der Waals surface area contributed by atoms with Crippen LogP contribution in [0.25, 0.3) is 0 Å². The van der Waals surface area contributed by atoms with Crippen LogP contribution in [0.1, 0.15) is 12.8 Å². The zero-order chi connectivity index (χ0) is 22.2. The fraction of sp³-hybridized carbons (Fsp3) is 0.692. The molecule has 0 rings (SSSR count). The van der Waals surface area contributed by atoms with Gasteiger partial charge in [-0.3, -0.25) is 9.59 Å². The molecule has 14 heteroatoms. The Hall–Kier alpha value is -2.36. The van der Waals surface area contributed by atoms with Crippen molar-refractivity contribution in [2.45, 2.75) is 25.0 Å². The normalized spacial score (nSPS) is 12.4. The molecule has 0 radical (unpaired) electrons. The molecule has 0 fully saturated rings. The van der Waals surface area contributed by atoms with E-state index in [0.29, 0.717) is 0 Å². The van der Waals surface area contributed by atoms with Crippen molar-refractivity contribution in [3.8, 4) is 0 Å². The number of carboxylic acids is 4. The van der Waals surface area contributed by atoms with Crippen LogP contribution in [-0.2, 0) is 19.2 Å². The average Bonchev–Trinajstić information content (AvgIpc) is 2.57. The highest BCUT2D eigenvalue weighted by Crippen LogP contribution is 2.11. The van der Waals surface area contributed by atoms with Gasteiger partial charge in [-0.05, 0) is 0 Å². The Kier molecular flexibility index (Phi) is 17.3. The van der Waals surface area contributed by atoms with E-state index in [4.69, 9.17) is 51.1 Å². The Labute approximate surface area is 152 Å². The Morgan fingerprint density at radius 2 is 0.815 bits per heavy atom. The first-order valence-electron chi connectivity index (χ1n) is 7.01. The van der Waals surface area contributed by atoms with Crippen LogP contribution in [0.2, 0.25) is 0 Å². The number of aliphatic hydroxyl groups is 6. The highest BCUT2D eigenvalue weighted by molar-refractivity contribution is 5.79. The third-order valence-electron chi connectivity index (χ3n) is 2.65. The van der Waals surface area contributed by atoms with Crippen molar-refractivity contribution < 1.29 is 70.2 Å². The van der Waals surface area contributed by atoms with E-state index in [9.17, 15) is 19.2 Å². The van der Waals surface area contributed by atoms with E-state index >= 15 is 0 Å². The fourth-order valence-corrected chi connectivity index (χ4v) is 0.805. The van der Waals surface area contributed by atoms with E-state index in [1.165, 1.54) is 0 Å². The van der Waals surface area contributed by atoms with Gasteiger partial charge < -0.3 is 51.1 Å². The first kappa shape index (κ1) is 29.4. The smallest absolute Gasteiger partial charge is 0.333 e. The summed E-state index contributed by atoms with van der Waals surface area (Å²) in [6.07, 6.45) is -5.09. The van der Waals surface area contributed by atoms with Crippen molar-refractivity contribution >= 4 is 23.9 Å². The molecule has 0 aromatic rings. The molecule has 0 heterocycles. The summed E-state index contributed by atoms with van der Waals surface area (Å²) in [6.45, 7) is -1.62. The van der Waals surface area contributed by atoms with Gasteiger partial charge in [0.05, 0.1) is 44.7 Å². The van der Waals surface area contributed by atoms with Gasteiger partial charge in [-0.25, -0.2) is 9.59 Å². The molecule has 27 heavy (non-hydrogen) atoms. The van der Waals surface area contributed by atoms with Gasteiger partial charge in [0.15, 0.2) is 12.2 Å². The Morgan fingerprint density at radius 3 is 0.852 bits per heavy atom. The highest BCUT2D eigenvalue weighted by atomic mass is 16.4. The maximum absolute atomic E-state index is 9.72. The molecule has 2 atom stereocenters. The van der Waals surface area contributed by atoms with Crippen LogP contribution in [0.15, 0.2) is 0 Å². The molecule has 2 unspecified atom stereocenters. The molecule has 0 spiro atoms. The molecule has 0 aliphatic heterocycles. The van der Waals surface area contributed by atoms with Crippen molar-refractivity contribution in [1.82, 2.24) is 0 Å². The molecule has 0 aromatic carbocycles. The lowest BCUT2D eigenvalue weighted by molar-refractivity contribution is -0.153. The zero-order valence-electron chi connectivity index (χ0n) is 14.0. The molecule has 0 aliphatic carbocycles. The van der Waals surface area contributed by atoms with Crippen molar-refractivity contribution in [3.63, 3.8) is 0 Å². The van der Waals surface area contributed by atoms with Gasteiger partial charge in [0.2, 0.25) is 0 Å². The molecule has 10 N–H and O–H groups in total. The predicted octanol–water partition coefficient (Wildman–Crippen LogP) is -4.24. The van der Waals surface area contributed by atoms with Crippen LogP contribution in [0.4, 0.5) is 0 Å². The molecule has 0 saturated carbocycles. The summed E-state index contributed by atoms with van der Waals surface area (Å²) >= 11 is 0. The second-order valence-corrected chi connectivity index (χ2v) is 5.04. The third kappa shape index (κ3) is 16.8. The quantitative estimate of drug-likeness (QED) is 0.165. The second-order valence-electron chi connectivity index (χ2n) is 5.04. The van der Waals surface area contributed by atoms with E-state index < -0.39 is 80.8 Å². The van der Waals surface area contributed by atoms with E-state index in [-0.39, 0.29) is 0 Å². The van der Waals surface area contributed by atoms with Crippen LogP contribution in [-0.4, -0.2) is 114 Å². The molecule has 160 valence electrons. The SMILES string of the molecule is O=C(O)CC(O)C(=O)O.O=C(O)CC(O)C(=O)O.OCC(CO)(CO)CO. The molecule has 0 amide bonds. The molecule has 0 aromatic heterocycles. The minimum absolute atomic E-state index is 0.406. The summed E-state index contributed by atoms with van der Waals surface area (Å²) in [5.41, 5.74) is -1.11. The minimum Gasteiger partial charge on any atom is -0.481 e. The largest absolute Gasteiger partial charge is 0.481 e. The van der Waals surface area contributed by atoms with Gasteiger partial charge in [0.25, 0.3) is 0 Å². The summed E-state index contributed by atoms with van der Waals surface area (Å²) in [7, 11) is 0. The molecule has 0 bridgehead atoms. The lowest BCUT2D eigenvalue weighted by Gasteiger charge is -2.23. The molecular formula is C13H24O14.